The molecule has 0 aliphatic rings. The van der Waals surface area contributed by atoms with Crippen LogP contribution in [0.2, 0.25) is 0 Å². The van der Waals surface area contributed by atoms with Crippen LogP contribution in [0.25, 0.3) is 33.9 Å². The Hall–Kier alpha value is -7.52. The van der Waals surface area contributed by atoms with E-state index in [1.54, 1.807) is 23.6 Å². The summed E-state index contributed by atoms with van der Waals surface area (Å²) in [6.07, 6.45) is 0. The number of para-hydroxylation sites is 2. The number of carbonyl (C=O) groups excluding carboxylic acids is 2. The van der Waals surface area contributed by atoms with Gasteiger partial charge in [0.15, 0.2) is 11.6 Å². The van der Waals surface area contributed by atoms with Crippen molar-refractivity contribution in [1.29, 1.82) is 0 Å². The van der Waals surface area contributed by atoms with E-state index in [1.165, 1.54) is 13.8 Å². The number of ether oxygens (including phenoxy) is 4. The Morgan fingerprint density at radius 3 is 1.48 bits per heavy atom. The van der Waals surface area contributed by atoms with Crippen LogP contribution in [0.3, 0.4) is 0 Å². The van der Waals surface area contributed by atoms with Crippen molar-refractivity contribution in [3.63, 3.8) is 0 Å². The Balaban J connectivity index is 0.000000176. The zero-order valence-corrected chi connectivity index (χ0v) is 36.8. The summed E-state index contributed by atoms with van der Waals surface area (Å²) in [6, 6.07) is 49.1. The van der Waals surface area contributed by atoms with Gasteiger partial charge in [-0.3, -0.25) is 9.59 Å². The van der Waals surface area contributed by atoms with E-state index >= 15 is 0 Å². The van der Waals surface area contributed by atoms with E-state index in [-0.39, 0.29) is 18.5 Å². The summed E-state index contributed by atoms with van der Waals surface area (Å²) in [6.45, 7) is 4.47. The SMILES string of the molecule is CC(=O)OCc1ccc(Br)cc1.COc1ccccc1Cn1nnnc1-c1ccccc1.COc1ccccc1Cn1nnnc1-c1ccccc1-c1ccc(COC(C)=O)cc1. The fourth-order valence-electron chi connectivity index (χ4n) is 6.26. The number of hydrogen-bond acceptors (Lipinski definition) is 12. The molecule has 0 atom stereocenters. The lowest BCUT2D eigenvalue weighted by Gasteiger charge is -2.12. The summed E-state index contributed by atoms with van der Waals surface area (Å²) < 4.78 is 25.3. The van der Waals surface area contributed by atoms with Gasteiger partial charge < -0.3 is 18.9 Å². The number of halogens is 1. The van der Waals surface area contributed by atoms with Crippen molar-refractivity contribution in [3.05, 3.63) is 178 Å². The summed E-state index contributed by atoms with van der Waals surface area (Å²) in [5, 5.41) is 24.3. The lowest BCUT2D eigenvalue weighted by atomic mass is 9.98. The zero-order valence-electron chi connectivity index (χ0n) is 35.2. The van der Waals surface area contributed by atoms with Crippen LogP contribution in [-0.4, -0.2) is 66.6 Å². The molecule has 0 spiro atoms. The van der Waals surface area contributed by atoms with E-state index in [9.17, 15) is 9.59 Å². The Morgan fingerprint density at radius 2 is 0.952 bits per heavy atom. The van der Waals surface area contributed by atoms with E-state index in [1.807, 2.05) is 152 Å². The number of rotatable bonds is 13. The Labute approximate surface area is 373 Å². The highest BCUT2D eigenvalue weighted by molar-refractivity contribution is 9.10. The van der Waals surface area contributed by atoms with Crippen LogP contribution < -0.4 is 9.47 Å². The molecule has 0 amide bonds. The minimum Gasteiger partial charge on any atom is -0.496 e. The van der Waals surface area contributed by atoms with E-state index < -0.39 is 0 Å². The van der Waals surface area contributed by atoms with Crippen molar-refractivity contribution in [3.8, 4) is 45.4 Å². The maximum atomic E-state index is 11.0. The first-order chi connectivity index (χ1) is 30.7. The molecular weight excluding hydrogens is 864 g/mol. The Bertz CT molecular complexity index is 2690. The van der Waals surface area contributed by atoms with Gasteiger partial charge in [0, 0.05) is 40.6 Å². The largest absolute Gasteiger partial charge is 0.496 e. The van der Waals surface area contributed by atoms with Gasteiger partial charge >= 0.3 is 11.9 Å². The average molecular weight is 910 g/mol. The molecule has 0 fully saturated rings. The van der Waals surface area contributed by atoms with E-state index in [4.69, 9.17) is 18.9 Å². The fourth-order valence-corrected chi connectivity index (χ4v) is 6.52. The Morgan fingerprint density at radius 1 is 0.508 bits per heavy atom. The van der Waals surface area contributed by atoms with Crippen LogP contribution >= 0.6 is 15.9 Å². The molecule has 0 bridgehead atoms. The molecule has 0 unspecified atom stereocenters. The summed E-state index contributed by atoms with van der Waals surface area (Å²) in [4.78, 5) is 21.5. The number of benzene rings is 6. The summed E-state index contributed by atoms with van der Waals surface area (Å²) >= 11 is 3.32. The van der Waals surface area contributed by atoms with Crippen molar-refractivity contribution in [2.24, 2.45) is 0 Å². The second kappa shape index (κ2) is 22.9. The molecule has 8 rings (SSSR count). The molecule has 8 aromatic rings. The topological polar surface area (TPSA) is 158 Å². The average Bonchev–Trinajstić information content (AvgIpc) is 3.99. The van der Waals surface area contributed by atoms with Crippen molar-refractivity contribution >= 4 is 27.9 Å². The molecule has 320 valence electrons. The highest BCUT2D eigenvalue weighted by Crippen LogP contribution is 2.32. The number of hydrogen-bond donors (Lipinski definition) is 0. The summed E-state index contributed by atoms with van der Waals surface area (Å²) in [5.41, 5.74) is 7.91. The monoisotopic (exact) mass is 908 g/mol. The molecule has 2 heterocycles. The molecule has 0 saturated heterocycles. The zero-order chi connectivity index (χ0) is 44.4. The third-order valence-corrected chi connectivity index (χ3v) is 9.88. The minimum atomic E-state index is -0.295. The van der Waals surface area contributed by atoms with Gasteiger partial charge in [-0.25, -0.2) is 9.36 Å². The molecule has 15 heteroatoms. The number of tetrazole rings is 2. The van der Waals surface area contributed by atoms with Crippen molar-refractivity contribution < 1.29 is 28.5 Å². The molecule has 63 heavy (non-hydrogen) atoms. The van der Waals surface area contributed by atoms with Crippen LogP contribution in [-0.2, 0) is 45.4 Å². The van der Waals surface area contributed by atoms with E-state index in [0.29, 0.717) is 25.5 Å². The number of aromatic nitrogens is 8. The first-order valence-electron chi connectivity index (χ1n) is 19.7. The molecule has 14 nitrogen and oxygen atoms in total. The molecule has 0 radical (unpaired) electrons. The lowest BCUT2D eigenvalue weighted by Crippen LogP contribution is -2.06. The van der Waals surface area contributed by atoms with Gasteiger partial charge in [-0.2, -0.15) is 0 Å². The van der Waals surface area contributed by atoms with Crippen molar-refractivity contribution in [2.45, 2.75) is 40.2 Å². The predicted octanol–water partition coefficient (Wildman–Crippen LogP) is 9.04. The number of nitrogens with zero attached hydrogens (tertiary/aromatic N) is 8. The number of methoxy groups -OCH3 is 2. The highest BCUT2D eigenvalue weighted by atomic mass is 79.9. The molecule has 0 aliphatic heterocycles. The van der Waals surface area contributed by atoms with E-state index in [2.05, 4.69) is 47.0 Å². The lowest BCUT2D eigenvalue weighted by molar-refractivity contribution is -0.143. The first-order valence-corrected chi connectivity index (χ1v) is 20.5. The maximum Gasteiger partial charge on any atom is 0.302 e. The first kappa shape index (κ1) is 45.0. The molecule has 0 saturated carbocycles. The molecule has 0 N–H and O–H groups in total. The van der Waals surface area contributed by atoms with Crippen LogP contribution in [0.1, 0.15) is 36.1 Å². The third kappa shape index (κ3) is 13.0. The van der Waals surface area contributed by atoms with Gasteiger partial charge in [0.25, 0.3) is 0 Å². The standard InChI is InChI=1S/C24H22N4O3.C15H14N4O.C9H9BrO2/c1-17(29)31-16-18-11-13-19(14-12-18)21-8-4-5-9-22(21)24-25-26-27-28(24)15-20-7-3-6-10-23(20)30-2;1-20-14-10-6-5-9-13(14)11-19-15(16-17-18-19)12-7-3-2-4-8-12;1-7(11)12-6-8-2-4-9(10)5-3-8/h3-14H,15-16H2,1-2H3;2-10H,11H2,1H3;2-5H,6H2,1H3. The highest BCUT2D eigenvalue weighted by Gasteiger charge is 2.16. The van der Waals surface area contributed by atoms with Gasteiger partial charge in [0.1, 0.15) is 24.7 Å². The van der Waals surface area contributed by atoms with E-state index in [0.717, 1.165) is 66.3 Å². The van der Waals surface area contributed by atoms with Gasteiger partial charge in [-0.05, 0) is 67.4 Å². The third-order valence-electron chi connectivity index (χ3n) is 9.35. The smallest absolute Gasteiger partial charge is 0.302 e. The van der Waals surface area contributed by atoms with Crippen molar-refractivity contribution in [2.75, 3.05) is 14.2 Å². The Kier molecular flexibility index (Phi) is 16.4. The van der Waals surface area contributed by atoms with Gasteiger partial charge in [-0.1, -0.05) is 143 Å². The number of esters is 2. The molecular formula is C48H45BrN8O6. The quantitative estimate of drug-likeness (QED) is 0.101. The minimum absolute atomic E-state index is 0.252. The van der Waals surface area contributed by atoms with Crippen LogP contribution in [0.4, 0.5) is 0 Å². The molecule has 0 aliphatic carbocycles. The molecule has 2 aromatic heterocycles. The molecule has 6 aromatic carbocycles. The van der Waals surface area contributed by atoms with Crippen molar-refractivity contribution in [1.82, 2.24) is 40.4 Å². The number of carbonyl (C=O) groups is 2. The fraction of sp³-hybridized carbons (Fsp3) is 0.167. The second-order valence-corrected chi connectivity index (χ2v) is 14.7. The van der Waals surface area contributed by atoms with Gasteiger partial charge in [0.05, 0.1) is 27.3 Å². The van der Waals surface area contributed by atoms with Crippen LogP contribution in [0, 0.1) is 0 Å². The van der Waals surface area contributed by atoms with Crippen LogP contribution in [0.5, 0.6) is 11.5 Å². The maximum absolute atomic E-state index is 11.0. The van der Waals surface area contributed by atoms with Crippen LogP contribution in [0.15, 0.2) is 156 Å². The normalized spacial score (nSPS) is 10.4. The summed E-state index contributed by atoms with van der Waals surface area (Å²) in [5.74, 6) is 2.50. The van der Waals surface area contributed by atoms with Gasteiger partial charge in [-0.15, -0.1) is 10.2 Å². The van der Waals surface area contributed by atoms with Gasteiger partial charge in [0.2, 0.25) is 0 Å². The predicted molar refractivity (Wildman–Crippen MR) is 241 cm³/mol. The summed E-state index contributed by atoms with van der Waals surface area (Å²) in [7, 11) is 3.32. The second-order valence-electron chi connectivity index (χ2n) is 13.7.